The van der Waals surface area contributed by atoms with Crippen molar-refractivity contribution in [2.45, 2.75) is 6.92 Å². The summed E-state index contributed by atoms with van der Waals surface area (Å²) >= 11 is 0. The standard InChI is InChI=1S/C11H18N4O2/c1-4-17-8-7-15(3)10-6-5-9(13-14-10)11(16)12-2/h5-6H,4,7-8H2,1-3H3,(H,12,16). The third-order valence-corrected chi connectivity index (χ3v) is 2.28. The van der Waals surface area contributed by atoms with Gasteiger partial charge in [0.05, 0.1) is 6.61 Å². The molecule has 0 atom stereocenters. The zero-order valence-electron chi connectivity index (χ0n) is 10.4. The van der Waals surface area contributed by atoms with Crippen molar-refractivity contribution in [3.63, 3.8) is 0 Å². The summed E-state index contributed by atoms with van der Waals surface area (Å²) in [6.07, 6.45) is 0. The van der Waals surface area contributed by atoms with E-state index in [4.69, 9.17) is 4.74 Å². The van der Waals surface area contributed by atoms with Gasteiger partial charge >= 0.3 is 0 Å². The number of aromatic nitrogens is 2. The Kier molecular flexibility index (Phi) is 5.35. The molecular formula is C11H18N4O2. The minimum absolute atomic E-state index is 0.235. The van der Waals surface area contributed by atoms with Crippen molar-refractivity contribution >= 4 is 11.7 Å². The average Bonchev–Trinajstić information content (AvgIpc) is 2.38. The predicted octanol–water partition coefficient (Wildman–Crippen LogP) is 0.309. The molecule has 6 nitrogen and oxygen atoms in total. The largest absolute Gasteiger partial charge is 0.380 e. The zero-order valence-corrected chi connectivity index (χ0v) is 10.4. The third kappa shape index (κ3) is 3.99. The number of hydrogen-bond acceptors (Lipinski definition) is 5. The first-order valence-electron chi connectivity index (χ1n) is 5.53. The Bertz CT molecular complexity index is 353. The molecule has 1 aromatic heterocycles. The second-order valence-corrected chi connectivity index (χ2v) is 3.47. The van der Waals surface area contributed by atoms with E-state index in [0.29, 0.717) is 18.9 Å². The summed E-state index contributed by atoms with van der Waals surface area (Å²) < 4.78 is 5.25. The number of rotatable bonds is 6. The van der Waals surface area contributed by atoms with E-state index in [1.54, 1.807) is 19.2 Å². The van der Waals surface area contributed by atoms with Crippen LogP contribution in [0.1, 0.15) is 17.4 Å². The SMILES string of the molecule is CCOCCN(C)c1ccc(C(=O)NC)nn1. The third-order valence-electron chi connectivity index (χ3n) is 2.28. The Hall–Kier alpha value is -1.69. The second-order valence-electron chi connectivity index (χ2n) is 3.47. The van der Waals surface area contributed by atoms with E-state index in [1.165, 1.54) is 0 Å². The number of anilines is 1. The fourth-order valence-corrected chi connectivity index (χ4v) is 1.24. The van der Waals surface area contributed by atoms with Crippen LogP contribution in [0.5, 0.6) is 0 Å². The van der Waals surface area contributed by atoms with E-state index in [0.717, 1.165) is 12.4 Å². The van der Waals surface area contributed by atoms with Gasteiger partial charge in [0.2, 0.25) is 0 Å². The number of nitrogens with zero attached hydrogens (tertiary/aromatic N) is 3. The van der Waals surface area contributed by atoms with Crippen molar-refractivity contribution in [1.82, 2.24) is 15.5 Å². The highest BCUT2D eigenvalue weighted by Crippen LogP contribution is 2.06. The minimum Gasteiger partial charge on any atom is -0.380 e. The molecule has 0 aliphatic rings. The number of carbonyl (C=O) groups is 1. The Balaban J connectivity index is 2.57. The van der Waals surface area contributed by atoms with E-state index in [2.05, 4.69) is 15.5 Å². The van der Waals surface area contributed by atoms with E-state index in [-0.39, 0.29) is 5.91 Å². The van der Waals surface area contributed by atoms with Gasteiger partial charge < -0.3 is 15.0 Å². The molecule has 0 spiro atoms. The first kappa shape index (κ1) is 13.4. The van der Waals surface area contributed by atoms with Crippen LogP contribution in [-0.2, 0) is 4.74 Å². The fourth-order valence-electron chi connectivity index (χ4n) is 1.24. The molecule has 0 bridgehead atoms. The van der Waals surface area contributed by atoms with Crippen molar-refractivity contribution in [2.75, 3.05) is 38.8 Å². The maximum atomic E-state index is 11.3. The lowest BCUT2D eigenvalue weighted by Crippen LogP contribution is -2.25. The lowest BCUT2D eigenvalue weighted by molar-refractivity contribution is 0.0957. The molecule has 1 aromatic rings. The first-order valence-corrected chi connectivity index (χ1v) is 5.53. The summed E-state index contributed by atoms with van der Waals surface area (Å²) in [7, 11) is 3.47. The lowest BCUT2D eigenvalue weighted by atomic mass is 10.3. The highest BCUT2D eigenvalue weighted by Gasteiger charge is 2.07. The van der Waals surface area contributed by atoms with Crippen LogP contribution < -0.4 is 10.2 Å². The molecule has 1 heterocycles. The molecule has 0 unspecified atom stereocenters. The molecule has 0 saturated carbocycles. The van der Waals surface area contributed by atoms with E-state index < -0.39 is 0 Å². The molecule has 0 saturated heterocycles. The number of nitrogens with one attached hydrogen (secondary N) is 1. The summed E-state index contributed by atoms with van der Waals surface area (Å²) in [5.74, 6) is 0.485. The normalized spacial score (nSPS) is 10.1. The number of hydrogen-bond donors (Lipinski definition) is 1. The summed E-state index contributed by atoms with van der Waals surface area (Å²) in [6.45, 7) is 4.04. The van der Waals surface area contributed by atoms with Crippen molar-refractivity contribution < 1.29 is 9.53 Å². The summed E-state index contributed by atoms with van der Waals surface area (Å²) in [4.78, 5) is 13.2. The molecule has 0 aromatic carbocycles. The van der Waals surface area contributed by atoms with Crippen LogP contribution in [0.25, 0.3) is 0 Å². The maximum absolute atomic E-state index is 11.3. The van der Waals surface area contributed by atoms with Crippen LogP contribution in [0.15, 0.2) is 12.1 Å². The summed E-state index contributed by atoms with van der Waals surface area (Å²) in [5, 5.41) is 10.3. The van der Waals surface area contributed by atoms with Gasteiger partial charge in [0.25, 0.3) is 5.91 Å². The zero-order chi connectivity index (χ0) is 12.7. The van der Waals surface area contributed by atoms with Gasteiger partial charge in [-0.1, -0.05) is 0 Å². The minimum atomic E-state index is -0.235. The quantitative estimate of drug-likeness (QED) is 0.722. The molecule has 1 rings (SSSR count). The first-order chi connectivity index (χ1) is 8.19. The topological polar surface area (TPSA) is 67.3 Å². The molecule has 1 amide bonds. The van der Waals surface area contributed by atoms with Gasteiger partial charge in [-0.2, -0.15) is 0 Å². The molecule has 0 aliphatic carbocycles. The smallest absolute Gasteiger partial charge is 0.271 e. The maximum Gasteiger partial charge on any atom is 0.271 e. The van der Waals surface area contributed by atoms with Crippen LogP contribution in [0.4, 0.5) is 5.82 Å². The van der Waals surface area contributed by atoms with Gasteiger partial charge in [-0.05, 0) is 19.1 Å². The van der Waals surface area contributed by atoms with Gasteiger partial charge in [-0.25, -0.2) is 0 Å². The number of amides is 1. The van der Waals surface area contributed by atoms with E-state index in [1.807, 2.05) is 18.9 Å². The Morgan fingerprint density at radius 2 is 2.24 bits per heavy atom. The molecule has 1 N–H and O–H groups in total. The molecule has 6 heteroatoms. The molecular weight excluding hydrogens is 220 g/mol. The number of ether oxygens (including phenoxy) is 1. The summed E-state index contributed by atoms with van der Waals surface area (Å²) in [6, 6.07) is 3.42. The van der Waals surface area contributed by atoms with E-state index >= 15 is 0 Å². The Morgan fingerprint density at radius 3 is 2.76 bits per heavy atom. The summed E-state index contributed by atoms with van der Waals surface area (Å²) in [5.41, 5.74) is 0.314. The lowest BCUT2D eigenvalue weighted by Gasteiger charge is -2.17. The van der Waals surface area contributed by atoms with Crippen LogP contribution in [0.3, 0.4) is 0 Å². The number of carbonyl (C=O) groups excluding carboxylic acids is 1. The molecule has 17 heavy (non-hydrogen) atoms. The Labute approximate surface area is 101 Å². The van der Waals surface area contributed by atoms with Crippen molar-refractivity contribution in [3.05, 3.63) is 17.8 Å². The highest BCUT2D eigenvalue weighted by molar-refractivity contribution is 5.91. The van der Waals surface area contributed by atoms with Gasteiger partial charge in [-0.15, -0.1) is 10.2 Å². The monoisotopic (exact) mass is 238 g/mol. The average molecular weight is 238 g/mol. The van der Waals surface area contributed by atoms with Crippen LogP contribution in [0.2, 0.25) is 0 Å². The van der Waals surface area contributed by atoms with Gasteiger partial charge in [0.15, 0.2) is 11.5 Å². The van der Waals surface area contributed by atoms with Gasteiger partial charge in [0.1, 0.15) is 0 Å². The van der Waals surface area contributed by atoms with Crippen molar-refractivity contribution in [1.29, 1.82) is 0 Å². The predicted molar refractivity (Wildman–Crippen MR) is 65.2 cm³/mol. The second kappa shape index (κ2) is 6.80. The van der Waals surface area contributed by atoms with Crippen molar-refractivity contribution in [2.24, 2.45) is 0 Å². The van der Waals surface area contributed by atoms with Crippen LogP contribution in [0, 0.1) is 0 Å². The molecule has 0 radical (unpaired) electrons. The molecule has 94 valence electrons. The number of likely N-dealkylation sites (N-methyl/N-ethyl adjacent to an activating group) is 1. The Morgan fingerprint density at radius 1 is 1.47 bits per heavy atom. The van der Waals surface area contributed by atoms with Crippen LogP contribution >= 0.6 is 0 Å². The van der Waals surface area contributed by atoms with Gasteiger partial charge in [0, 0.05) is 27.2 Å². The highest BCUT2D eigenvalue weighted by atomic mass is 16.5. The molecule has 0 aliphatic heterocycles. The van der Waals surface area contributed by atoms with Gasteiger partial charge in [-0.3, -0.25) is 4.79 Å². The van der Waals surface area contributed by atoms with Crippen molar-refractivity contribution in [3.8, 4) is 0 Å². The fraction of sp³-hybridized carbons (Fsp3) is 0.545. The van der Waals surface area contributed by atoms with Crippen LogP contribution in [-0.4, -0.2) is 50.0 Å². The van der Waals surface area contributed by atoms with E-state index in [9.17, 15) is 4.79 Å². The molecule has 0 fully saturated rings.